The van der Waals surface area contributed by atoms with Crippen LogP contribution in [0.15, 0.2) is 28.1 Å². The van der Waals surface area contributed by atoms with Crippen molar-refractivity contribution in [1.29, 1.82) is 0 Å². The van der Waals surface area contributed by atoms with Crippen LogP contribution in [0.25, 0.3) is 22.3 Å². The number of nitrogens with zero attached hydrogens (tertiary/aromatic N) is 2. The van der Waals surface area contributed by atoms with Crippen LogP contribution < -0.4 is 5.32 Å². The van der Waals surface area contributed by atoms with Gasteiger partial charge >= 0.3 is 0 Å². The molecule has 2 aromatic heterocycles. The van der Waals surface area contributed by atoms with E-state index in [1.54, 1.807) is 6.07 Å². The maximum atomic E-state index is 11.8. The molecule has 0 bridgehead atoms. The number of amides is 1. The predicted molar refractivity (Wildman–Crippen MR) is 104 cm³/mol. The smallest absolute Gasteiger partial charge is 0.228 e. The molecule has 4 nitrogen and oxygen atoms in total. The Labute approximate surface area is 157 Å². The van der Waals surface area contributed by atoms with Crippen LogP contribution in [0.4, 0.5) is 5.13 Å². The summed E-state index contributed by atoms with van der Waals surface area (Å²) in [6.45, 7) is 5.69. The Bertz CT molecular complexity index is 939. The summed E-state index contributed by atoms with van der Waals surface area (Å²) in [6.07, 6.45) is 0. The van der Waals surface area contributed by atoms with E-state index < -0.39 is 0 Å². The maximum Gasteiger partial charge on any atom is 0.228 e. The molecular formula is C17H15BrClN3OS. The van der Waals surface area contributed by atoms with Gasteiger partial charge in [0, 0.05) is 21.2 Å². The molecule has 0 aliphatic rings. The summed E-state index contributed by atoms with van der Waals surface area (Å²) >= 11 is 11.4. The quantitative estimate of drug-likeness (QED) is 0.588. The molecule has 1 aromatic carbocycles. The molecule has 0 saturated carbocycles. The SMILES string of the molecule is Cc1ccc2c(Cl)cc(-c3csc(NC(=O)C(C)C)n3)nc2c1Br. The number of carbonyl (C=O) groups is 1. The highest BCUT2D eigenvalue weighted by Gasteiger charge is 2.14. The van der Waals surface area contributed by atoms with Crippen molar-refractivity contribution in [1.82, 2.24) is 9.97 Å². The van der Waals surface area contributed by atoms with Crippen LogP contribution in [0, 0.1) is 12.8 Å². The van der Waals surface area contributed by atoms with Gasteiger partial charge in [-0.3, -0.25) is 4.79 Å². The number of pyridine rings is 1. The van der Waals surface area contributed by atoms with Gasteiger partial charge in [-0.25, -0.2) is 9.97 Å². The number of benzene rings is 1. The number of rotatable bonds is 3. The number of thiazole rings is 1. The second kappa shape index (κ2) is 6.78. The summed E-state index contributed by atoms with van der Waals surface area (Å²) in [4.78, 5) is 20.9. The Morgan fingerprint density at radius 3 is 2.75 bits per heavy atom. The standard InChI is InChI=1S/C17H15BrClN3OS/c1-8(2)16(23)22-17-21-13(7-24-17)12-6-11(19)10-5-4-9(3)14(18)15(10)20-12/h4-8H,1-3H3,(H,21,22,23). The highest BCUT2D eigenvalue weighted by Crippen LogP contribution is 2.34. The number of hydrogen-bond donors (Lipinski definition) is 1. The van der Waals surface area contributed by atoms with Crippen LogP contribution >= 0.6 is 38.9 Å². The van der Waals surface area contributed by atoms with Gasteiger partial charge in [-0.15, -0.1) is 11.3 Å². The fourth-order valence-corrected chi connectivity index (χ4v) is 3.55. The third-order valence-corrected chi connectivity index (χ3v) is 5.65. The number of halogens is 2. The van der Waals surface area contributed by atoms with Crippen molar-refractivity contribution < 1.29 is 4.79 Å². The number of anilines is 1. The lowest BCUT2D eigenvalue weighted by Crippen LogP contribution is -2.17. The lowest BCUT2D eigenvalue weighted by Gasteiger charge is -2.07. The van der Waals surface area contributed by atoms with Gasteiger partial charge < -0.3 is 5.32 Å². The molecule has 3 rings (SSSR count). The lowest BCUT2D eigenvalue weighted by atomic mass is 10.1. The van der Waals surface area contributed by atoms with E-state index in [1.165, 1.54) is 11.3 Å². The summed E-state index contributed by atoms with van der Waals surface area (Å²) in [5, 5.41) is 6.74. The molecule has 24 heavy (non-hydrogen) atoms. The summed E-state index contributed by atoms with van der Waals surface area (Å²) in [5.41, 5.74) is 3.26. The molecule has 124 valence electrons. The Morgan fingerprint density at radius 2 is 2.04 bits per heavy atom. The van der Waals surface area contributed by atoms with Gasteiger partial charge in [-0.2, -0.15) is 0 Å². The van der Waals surface area contributed by atoms with Crippen LogP contribution in [0.3, 0.4) is 0 Å². The van der Waals surface area contributed by atoms with E-state index >= 15 is 0 Å². The van der Waals surface area contributed by atoms with Crippen LogP contribution in [0.5, 0.6) is 0 Å². The van der Waals surface area contributed by atoms with Crippen LogP contribution in [0.1, 0.15) is 19.4 Å². The molecule has 0 fully saturated rings. The second-order valence-electron chi connectivity index (χ2n) is 5.76. The van der Waals surface area contributed by atoms with Crippen LogP contribution in [0.2, 0.25) is 5.02 Å². The van der Waals surface area contributed by atoms with Gasteiger partial charge in [0.15, 0.2) is 5.13 Å². The zero-order chi connectivity index (χ0) is 17.4. The third-order valence-electron chi connectivity index (χ3n) is 3.58. The number of aryl methyl sites for hydroxylation is 1. The van der Waals surface area contributed by atoms with Crippen LogP contribution in [-0.2, 0) is 4.79 Å². The number of aromatic nitrogens is 2. The van der Waals surface area contributed by atoms with E-state index in [-0.39, 0.29) is 11.8 Å². The van der Waals surface area contributed by atoms with Gasteiger partial charge in [-0.1, -0.05) is 37.6 Å². The molecular weight excluding hydrogens is 410 g/mol. The van der Waals surface area contributed by atoms with Gasteiger partial charge in [0.05, 0.1) is 16.2 Å². The molecule has 1 N–H and O–H groups in total. The van der Waals surface area contributed by atoms with Crippen LogP contribution in [-0.4, -0.2) is 15.9 Å². The average molecular weight is 425 g/mol. The minimum Gasteiger partial charge on any atom is -0.302 e. The van der Waals surface area contributed by atoms with Crippen molar-refractivity contribution in [3.05, 3.63) is 38.6 Å². The Kier molecular flexibility index (Phi) is 4.90. The fourth-order valence-electron chi connectivity index (χ4n) is 2.15. The predicted octanol–water partition coefficient (Wildman–Crippen LogP) is 5.68. The normalized spacial score (nSPS) is 11.2. The van der Waals surface area contributed by atoms with Gasteiger partial charge in [0.1, 0.15) is 5.69 Å². The molecule has 0 atom stereocenters. The number of fused-ring (bicyclic) bond motifs is 1. The molecule has 1 amide bonds. The number of hydrogen-bond acceptors (Lipinski definition) is 4. The number of nitrogens with one attached hydrogen (secondary N) is 1. The minimum absolute atomic E-state index is 0.0567. The van der Waals surface area contributed by atoms with Crippen molar-refractivity contribution in [2.45, 2.75) is 20.8 Å². The summed E-state index contributed by atoms with van der Waals surface area (Å²) in [7, 11) is 0. The Hall–Kier alpha value is -1.50. The second-order valence-corrected chi connectivity index (χ2v) is 7.82. The molecule has 0 spiro atoms. The zero-order valence-electron chi connectivity index (χ0n) is 13.4. The molecule has 0 saturated heterocycles. The van der Waals surface area contributed by atoms with E-state index in [4.69, 9.17) is 16.6 Å². The largest absolute Gasteiger partial charge is 0.302 e. The molecule has 2 heterocycles. The highest BCUT2D eigenvalue weighted by molar-refractivity contribution is 9.10. The highest BCUT2D eigenvalue weighted by atomic mass is 79.9. The first kappa shape index (κ1) is 17.3. The summed E-state index contributed by atoms with van der Waals surface area (Å²) in [5.74, 6) is -0.150. The van der Waals surface area contributed by atoms with E-state index in [0.29, 0.717) is 21.5 Å². The van der Waals surface area contributed by atoms with E-state index in [1.807, 2.05) is 38.3 Å². The van der Waals surface area contributed by atoms with E-state index in [0.717, 1.165) is 20.9 Å². The first-order chi connectivity index (χ1) is 11.4. The van der Waals surface area contributed by atoms with Crippen molar-refractivity contribution in [2.75, 3.05) is 5.32 Å². The average Bonchev–Trinajstić information content (AvgIpc) is 2.99. The summed E-state index contributed by atoms with van der Waals surface area (Å²) < 4.78 is 0.923. The van der Waals surface area contributed by atoms with Crippen molar-refractivity contribution in [3.63, 3.8) is 0 Å². The van der Waals surface area contributed by atoms with E-state index in [2.05, 4.69) is 26.2 Å². The molecule has 0 unspecified atom stereocenters. The third kappa shape index (κ3) is 3.31. The minimum atomic E-state index is -0.0930. The number of carbonyl (C=O) groups excluding carboxylic acids is 1. The molecule has 7 heteroatoms. The first-order valence-electron chi connectivity index (χ1n) is 7.39. The van der Waals surface area contributed by atoms with E-state index in [9.17, 15) is 4.79 Å². The van der Waals surface area contributed by atoms with Gasteiger partial charge in [0.25, 0.3) is 0 Å². The zero-order valence-corrected chi connectivity index (χ0v) is 16.5. The topological polar surface area (TPSA) is 54.9 Å². The summed E-state index contributed by atoms with van der Waals surface area (Å²) in [6, 6.07) is 5.76. The monoisotopic (exact) mass is 423 g/mol. The van der Waals surface area contributed by atoms with Crippen molar-refractivity contribution in [3.8, 4) is 11.4 Å². The fraction of sp³-hybridized carbons (Fsp3) is 0.235. The molecule has 0 aliphatic heterocycles. The van der Waals surface area contributed by atoms with Crippen molar-refractivity contribution in [2.24, 2.45) is 5.92 Å². The maximum absolute atomic E-state index is 11.8. The molecule has 0 aliphatic carbocycles. The van der Waals surface area contributed by atoms with Crippen molar-refractivity contribution >= 4 is 60.8 Å². The Balaban J connectivity index is 2.02. The Morgan fingerprint density at radius 1 is 1.29 bits per heavy atom. The lowest BCUT2D eigenvalue weighted by molar-refractivity contribution is -0.118. The molecule has 0 radical (unpaired) electrons. The van der Waals surface area contributed by atoms with Gasteiger partial charge in [0.2, 0.25) is 5.91 Å². The molecule has 3 aromatic rings. The first-order valence-corrected chi connectivity index (χ1v) is 9.44. The van der Waals surface area contributed by atoms with Gasteiger partial charge in [-0.05, 0) is 34.5 Å².